The van der Waals surface area contributed by atoms with E-state index in [0.717, 1.165) is 12.3 Å². The molecule has 3 fully saturated rings. The van der Waals surface area contributed by atoms with Crippen LogP contribution in [-0.2, 0) is 11.3 Å². The minimum Gasteiger partial charge on any atom is -0.285 e. The quantitative estimate of drug-likeness (QED) is 0.609. The van der Waals surface area contributed by atoms with Gasteiger partial charge in [-0.25, -0.2) is 0 Å². The number of quaternary nitrogens is 1. The van der Waals surface area contributed by atoms with Crippen molar-refractivity contribution in [3.05, 3.63) is 35.9 Å². The normalized spacial score (nSPS) is 32.7. The zero-order valence-electron chi connectivity index (χ0n) is 10.6. The number of nitrogens with zero attached hydrogens (tertiary/aromatic N) is 2. The molecule has 3 atom stereocenters. The molecule has 0 radical (unpaired) electrons. The smallest absolute Gasteiger partial charge is 0.285 e. The van der Waals surface area contributed by atoms with Gasteiger partial charge in [0.25, 0.3) is 12.5 Å². The van der Waals surface area contributed by atoms with E-state index >= 15 is 0 Å². The van der Waals surface area contributed by atoms with Crippen LogP contribution in [0.2, 0.25) is 0 Å². The minimum atomic E-state index is -0.245. The molecule has 2 N–H and O–H groups in total. The van der Waals surface area contributed by atoms with E-state index in [1.54, 1.807) is 0 Å². The van der Waals surface area contributed by atoms with E-state index in [-0.39, 0.29) is 18.4 Å². The van der Waals surface area contributed by atoms with Gasteiger partial charge in [0, 0.05) is 5.56 Å². The second-order valence-corrected chi connectivity index (χ2v) is 5.06. The van der Waals surface area contributed by atoms with Crippen LogP contribution in [0.3, 0.4) is 0 Å². The lowest BCUT2D eigenvalue weighted by atomic mass is 10.2. The number of carbonyl (C=O) groups excluding carboxylic acids is 1. The third-order valence-corrected chi connectivity index (χ3v) is 3.40. The Morgan fingerprint density at radius 1 is 1.33 bits per heavy atom. The Balaban J connectivity index is 1.94. The van der Waals surface area contributed by atoms with Crippen molar-refractivity contribution in [1.29, 1.82) is 0 Å². The van der Waals surface area contributed by atoms with Crippen molar-refractivity contribution in [2.45, 2.75) is 32.8 Å². The lowest BCUT2D eigenvalue weighted by molar-refractivity contribution is -1.02. The SMILES string of the molecule is CC(C)=N[N+]1(Cc2ccccc2)C2NC(=O)C1N2. The molecular formula is C13H17N4O+. The molecule has 1 aromatic rings. The van der Waals surface area contributed by atoms with Gasteiger partial charge in [-0.05, 0) is 13.8 Å². The highest BCUT2D eigenvalue weighted by Crippen LogP contribution is 2.34. The molecule has 3 aliphatic rings. The van der Waals surface area contributed by atoms with E-state index in [1.807, 2.05) is 32.0 Å². The second-order valence-electron chi connectivity index (χ2n) is 5.06. The van der Waals surface area contributed by atoms with Crippen LogP contribution in [0.25, 0.3) is 0 Å². The second kappa shape index (κ2) is 3.90. The molecule has 5 nitrogen and oxygen atoms in total. The van der Waals surface area contributed by atoms with Crippen molar-refractivity contribution >= 4 is 11.6 Å². The Bertz CT molecular complexity index is 509. The Hall–Kier alpha value is -1.72. The maximum Gasteiger partial charge on any atom is 0.303 e. The van der Waals surface area contributed by atoms with Crippen molar-refractivity contribution in [2.75, 3.05) is 0 Å². The summed E-state index contributed by atoms with van der Waals surface area (Å²) in [5.74, 6) is 0.0425. The van der Waals surface area contributed by atoms with Gasteiger partial charge in [-0.15, -0.1) is 4.59 Å². The number of fused-ring (bicyclic) bond motifs is 1. The summed E-state index contributed by atoms with van der Waals surface area (Å²) < 4.78 is 0.408. The van der Waals surface area contributed by atoms with E-state index in [0.29, 0.717) is 4.59 Å². The Kier molecular flexibility index (Phi) is 2.46. The maximum absolute atomic E-state index is 11.7. The van der Waals surface area contributed by atoms with Crippen molar-refractivity contribution in [3.8, 4) is 0 Å². The van der Waals surface area contributed by atoms with Crippen LogP contribution in [0.1, 0.15) is 19.4 Å². The molecule has 3 unspecified atom stereocenters. The van der Waals surface area contributed by atoms with Crippen molar-refractivity contribution < 1.29 is 9.39 Å². The zero-order valence-corrected chi connectivity index (χ0v) is 10.6. The molecule has 3 aliphatic heterocycles. The summed E-state index contributed by atoms with van der Waals surface area (Å²) in [5.41, 5.74) is 2.18. The van der Waals surface area contributed by atoms with Gasteiger partial charge in [0.15, 0.2) is 0 Å². The summed E-state index contributed by atoms with van der Waals surface area (Å²) in [4.78, 5) is 11.7. The number of rotatable bonds is 3. The van der Waals surface area contributed by atoms with Gasteiger partial charge < -0.3 is 0 Å². The first kappa shape index (κ1) is 11.4. The summed E-state index contributed by atoms with van der Waals surface area (Å²) in [5, 5.41) is 10.8. The molecule has 2 bridgehead atoms. The molecule has 1 aromatic carbocycles. The van der Waals surface area contributed by atoms with Gasteiger partial charge in [0.05, 0.1) is 5.71 Å². The van der Waals surface area contributed by atoms with Gasteiger partial charge in [-0.2, -0.15) is 5.32 Å². The number of hydrogen-bond donors (Lipinski definition) is 2. The van der Waals surface area contributed by atoms with Gasteiger partial charge in [-0.1, -0.05) is 35.4 Å². The summed E-state index contributed by atoms with van der Waals surface area (Å²) >= 11 is 0. The van der Waals surface area contributed by atoms with E-state index in [4.69, 9.17) is 5.10 Å². The van der Waals surface area contributed by atoms with Gasteiger partial charge >= 0.3 is 5.91 Å². The molecule has 4 rings (SSSR count). The topological polar surface area (TPSA) is 53.5 Å². The molecule has 0 aliphatic carbocycles. The predicted octanol–water partition coefficient (Wildman–Crippen LogP) is 0.742. The molecule has 0 saturated carbocycles. The van der Waals surface area contributed by atoms with Crippen molar-refractivity contribution in [3.63, 3.8) is 0 Å². The number of benzene rings is 1. The fraction of sp³-hybridized carbons (Fsp3) is 0.385. The van der Waals surface area contributed by atoms with Crippen LogP contribution >= 0.6 is 0 Å². The van der Waals surface area contributed by atoms with E-state index in [9.17, 15) is 4.79 Å². The Morgan fingerprint density at radius 3 is 2.56 bits per heavy atom. The molecule has 0 spiro atoms. The monoisotopic (exact) mass is 245 g/mol. The van der Waals surface area contributed by atoms with E-state index in [2.05, 4.69) is 22.8 Å². The Morgan fingerprint density at radius 2 is 2.06 bits per heavy atom. The van der Waals surface area contributed by atoms with Crippen LogP contribution in [0.4, 0.5) is 0 Å². The fourth-order valence-electron chi connectivity index (χ4n) is 2.70. The largest absolute Gasteiger partial charge is 0.303 e. The Labute approximate surface area is 106 Å². The third kappa shape index (κ3) is 1.55. The average molecular weight is 245 g/mol. The highest BCUT2D eigenvalue weighted by molar-refractivity contribution is 5.85. The van der Waals surface area contributed by atoms with Gasteiger partial charge in [-0.3, -0.25) is 10.1 Å². The fourth-order valence-corrected chi connectivity index (χ4v) is 2.70. The number of nitrogens with one attached hydrogen (secondary N) is 2. The molecule has 0 aromatic heterocycles. The highest BCUT2D eigenvalue weighted by Gasteiger charge is 2.67. The van der Waals surface area contributed by atoms with E-state index in [1.165, 1.54) is 5.56 Å². The predicted molar refractivity (Wildman–Crippen MR) is 68.0 cm³/mol. The van der Waals surface area contributed by atoms with Crippen LogP contribution in [0.15, 0.2) is 35.4 Å². The summed E-state index contributed by atoms with van der Waals surface area (Å²) in [6.07, 6.45) is -0.331. The van der Waals surface area contributed by atoms with Crippen LogP contribution in [0.5, 0.6) is 0 Å². The third-order valence-electron chi connectivity index (χ3n) is 3.40. The van der Waals surface area contributed by atoms with Gasteiger partial charge in [0.1, 0.15) is 6.54 Å². The first-order chi connectivity index (χ1) is 8.62. The molecule has 5 heteroatoms. The van der Waals surface area contributed by atoms with Crippen molar-refractivity contribution in [1.82, 2.24) is 10.6 Å². The molecule has 94 valence electrons. The number of amides is 1. The summed E-state index contributed by atoms with van der Waals surface area (Å²) in [6.45, 7) is 4.66. The lowest BCUT2D eigenvalue weighted by Gasteiger charge is -2.44. The van der Waals surface area contributed by atoms with Crippen molar-refractivity contribution in [2.24, 2.45) is 5.10 Å². The first-order valence-electron chi connectivity index (χ1n) is 6.13. The summed E-state index contributed by atoms with van der Waals surface area (Å²) in [6, 6.07) is 10.2. The van der Waals surface area contributed by atoms with Crippen LogP contribution < -0.4 is 10.6 Å². The van der Waals surface area contributed by atoms with E-state index < -0.39 is 0 Å². The minimum absolute atomic E-state index is 0.0425. The lowest BCUT2D eigenvalue weighted by Crippen LogP contribution is -2.75. The molecule has 3 saturated heterocycles. The van der Waals surface area contributed by atoms with Crippen LogP contribution in [0, 0.1) is 0 Å². The zero-order chi connectivity index (χ0) is 12.8. The van der Waals surface area contributed by atoms with Gasteiger partial charge in [0.2, 0.25) is 0 Å². The molecular weight excluding hydrogens is 228 g/mol. The molecule has 3 heterocycles. The number of hydrogen-bond acceptors (Lipinski definition) is 3. The highest BCUT2D eigenvalue weighted by atomic mass is 16.2. The van der Waals surface area contributed by atoms with Crippen LogP contribution in [-0.4, -0.2) is 28.7 Å². The summed E-state index contributed by atoms with van der Waals surface area (Å²) in [7, 11) is 0. The standard InChI is InChI=1S/C13H16N4O/c1-9(2)16-17(8-10-6-4-3-5-7-10)11-12(18)15-13(17)14-11/h3-7,11,13-14H,8H2,1-2H3/p+1. The molecule has 1 amide bonds. The molecule has 18 heavy (non-hydrogen) atoms. The average Bonchev–Trinajstić information content (AvgIpc) is 2.83. The maximum atomic E-state index is 11.7. The first-order valence-corrected chi connectivity index (χ1v) is 6.13. The number of carbonyl (C=O) groups is 1.